The van der Waals surface area contributed by atoms with Gasteiger partial charge < -0.3 is 10.2 Å². The van der Waals surface area contributed by atoms with Crippen molar-refractivity contribution in [2.24, 2.45) is 0 Å². The lowest BCUT2D eigenvalue weighted by molar-refractivity contribution is 0.102. The summed E-state index contributed by atoms with van der Waals surface area (Å²) in [6, 6.07) is 7.73. The van der Waals surface area contributed by atoms with Crippen molar-refractivity contribution in [3.8, 4) is 0 Å². The first-order valence-corrected chi connectivity index (χ1v) is 8.01. The lowest BCUT2D eigenvalue weighted by Gasteiger charge is -2.16. The molecule has 1 fully saturated rings. The molecule has 3 rings (SSSR count). The fourth-order valence-corrected chi connectivity index (χ4v) is 2.97. The van der Waals surface area contributed by atoms with E-state index < -0.39 is 0 Å². The van der Waals surface area contributed by atoms with Crippen LogP contribution in [0.25, 0.3) is 0 Å². The van der Waals surface area contributed by atoms with Crippen molar-refractivity contribution < 1.29 is 4.79 Å². The van der Waals surface area contributed by atoms with Crippen molar-refractivity contribution in [3.05, 3.63) is 46.8 Å². The van der Waals surface area contributed by atoms with Gasteiger partial charge in [0.15, 0.2) is 0 Å². The number of aryl methyl sites for hydroxylation is 3. The summed E-state index contributed by atoms with van der Waals surface area (Å²) in [5.41, 5.74) is 4.27. The molecule has 0 aliphatic carbocycles. The molecule has 1 amide bonds. The number of hydrogen-bond acceptors (Lipinski definition) is 4. The molecule has 23 heavy (non-hydrogen) atoms. The number of carbonyl (C=O) groups excluding carboxylic acids is 1. The van der Waals surface area contributed by atoms with E-state index in [1.54, 1.807) is 6.07 Å². The second-order valence-electron chi connectivity index (χ2n) is 6.22. The first-order valence-electron chi connectivity index (χ1n) is 8.01. The Hall–Kier alpha value is -2.43. The third-order valence-corrected chi connectivity index (χ3v) is 3.94. The van der Waals surface area contributed by atoms with Gasteiger partial charge in [-0.1, -0.05) is 6.07 Å². The highest BCUT2D eigenvalue weighted by molar-refractivity contribution is 6.03. The second kappa shape index (κ2) is 6.36. The van der Waals surface area contributed by atoms with Gasteiger partial charge in [-0.15, -0.1) is 0 Å². The van der Waals surface area contributed by atoms with E-state index in [-0.39, 0.29) is 5.91 Å². The maximum Gasteiger partial charge on any atom is 0.274 e. The van der Waals surface area contributed by atoms with Crippen molar-refractivity contribution in [3.63, 3.8) is 0 Å². The summed E-state index contributed by atoms with van der Waals surface area (Å²) in [6.07, 6.45) is 2.31. The molecule has 1 aromatic heterocycles. The van der Waals surface area contributed by atoms with E-state index in [2.05, 4.69) is 26.3 Å². The Morgan fingerprint density at radius 3 is 2.30 bits per heavy atom. The molecule has 5 heteroatoms. The van der Waals surface area contributed by atoms with Crippen LogP contribution in [0.5, 0.6) is 0 Å². The van der Waals surface area contributed by atoms with Gasteiger partial charge in [-0.3, -0.25) is 4.79 Å². The van der Waals surface area contributed by atoms with Gasteiger partial charge in [-0.05, 0) is 62.9 Å². The average Bonchev–Trinajstić information content (AvgIpc) is 2.99. The number of aromatic nitrogens is 2. The number of anilines is 2. The topological polar surface area (TPSA) is 58.1 Å². The molecular formula is C18H22N4O. The standard InChI is InChI=1S/C18H22N4O/c1-12-8-13(2)10-15(9-12)20-17(23)16-11-14(3)19-18(21-16)22-6-4-5-7-22/h8-11H,4-7H2,1-3H3,(H,20,23). The van der Waals surface area contributed by atoms with E-state index in [1.165, 1.54) is 0 Å². The molecule has 0 radical (unpaired) electrons. The predicted molar refractivity (Wildman–Crippen MR) is 92.1 cm³/mol. The van der Waals surface area contributed by atoms with Crippen LogP contribution < -0.4 is 10.2 Å². The average molecular weight is 310 g/mol. The number of rotatable bonds is 3. The molecule has 1 N–H and O–H groups in total. The first-order chi connectivity index (χ1) is 11.0. The lowest BCUT2D eigenvalue weighted by Crippen LogP contribution is -2.23. The number of amides is 1. The summed E-state index contributed by atoms with van der Waals surface area (Å²) in [5.74, 6) is 0.467. The third-order valence-electron chi connectivity index (χ3n) is 3.94. The third kappa shape index (κ3) is 3.67. The predicted octanol–water partition coefficient (Wildman–Crippen LogP) is 3.25. The maximum atomic E-state index is 12.5. The summed E-state index contributed by atoms with van der Waals surface area (Å²) in [6.45, 7) is 7.85. The van der Waals surface area contributed by atoms with Gasteiger partial charge in [0, 0.05) is 24.5 Å². The monoisotopic (exact) mass is 310 g/mol. The second-order valence-corrected chi connectivity index (χ2v) is 6.22. The summed E-state index contributed by atoms with van der Waals surface area (Å²) in [4.78, 5) is 23.6. The molecule has 2 aromatic rings. The van der Waals surface area contributed by atoms with Gasteiger partial charge in [0.25, 0.3) is 5.91 Å². The van der Waals surface area contributed by atoms with E-state index >= 15 is 0 Å². The van der Waals surface area contributed by atoms with E-state index in [4.69, 9.17) is 0 Å². The summed E-state index contributed by atoms with van der Waals surface area (Å²) in [7, 11) is 0. The Morgan fingerprint density at radius 1 is 1.00 bits per heavy atom. The van der Waals surface area contributed by atoms with Crippen molar-refractivity contribution in [2.45, 2.75) is 33.6 Å². The van der Waals surface area contributed by atoms with E-state index in [9.17, 15) is 4.79 Å². The highest BCUT2D eigenvalue weighted by Gasteiger charge is 2.18. The molecule has 0 atom stereocenters. The Balaban J connectivity index is 1.84. The molecule has 0 bridgehead atoms. The van der Waals surface area contributed by atoms with Crippen molar-refractivity contribution in [1.29, 1.82) is 0 Å². The molecule has 5 nitrogen and oxygen atoms in total. The van der Waals surface area contributed by atoms with E-state index in [1.807, 2.05) is 32.9 Å². The van der Waals surface area contributed by atoms with Crippen LogP contribution in [0.4, 0.5) is 11.6 Å². The number of carbonyl (C=O) groups is 1. The van der Waals surface area contributed by atoms with Gasteiger partial charge >= 0.3 is 0 Å². The maximum absolute atomic E-state index is 12.5. The van der Waals surface area contributed by atoms with E-state index in [0.717, 1.165) is 48.4 Å². The van der Waals surface area contributed by atoms with Crippen LogP contribution in [0, 0.1) is 20.8 Å². The first kappa shape index (κ1) is 15.5. The molecule has 1 saturated heterocycles. The number of nitrogens with zero attached hydrogens (tertiary/aromatic N) is 3. The van der Waals surface area contributed by atoms with Crippen LogP contribution >= 0.6 is 0 Å². The molecule has 120 valence electrons. The van der Waals surface area contributed by atoms with E-state index in [0.29, 0.717) is 11.6 Å². The molecule has 1 aliphatic heterocycles. The molecule has 1 aliphatic rings. The van der Waals surface area contributed by atoms with Gasteiger partial charge in [0.05, 0.1) is 0 Å². The highest BCUT2D eigenvalue weighted by Crippen LogP contribution is 2.18. The quantitative estimate of drug-likeness (QED) is 0.945. The van der Waals surface area contributed by atoms with Crippen molar-refractivity contribution in [2.75, 3.05) is 23.3 Å². The number of nitrogens with one attached hydrogen (secondary N) is 1. The zero-order valence-electron chi connectivity index (χ0n) is 13.9. The summed E-state index contributed by atoms with van der Waals surface area (Å²) in [5, 5.41) is 2.94. The lowest BCUT2D eigenvalue weighted by atomic mass is 10.1. The number of hydrogen-bond donors (Lipinski definition) is 1. The minimum absolute atomic E-state index is 0.194. The van der Waals surface area contributed by atoms with Crippen molar-refractivity contribution >= 4 is 17.5 Å². The summed E-state index contributed by atoms with van der Waals surface area (Å²) < 4.78 is 0. The SMILES string of the molecule is Cc1cc(C)cc(NC(=O)c2cc(C)nc(N3CCCC3)n2)c1. The Bertz CT molecular complexity index is 716. The minimum Gasteiger partial charge on any atom is -0.341 e. The Morgan fingerprint density at radius 2 is 1.65 bits per heavy atom. The molecule has 0 saturated carbocycles. The normalized spacial score (nSPS) is 14.1. The Labute approximate surface area is 136 Å². The molecule has 0 spiro atoms. The van der Waals surface area contributed by atoms with Crippen LogP contribution in [0.15, 0.2) is 24.3 Å². The molecule has 0 unspecified atom stereocenters. The molecular weight excluding hydrogens is 288 g/mol. The van der Waals surface area contributed by atoms with Crippen LogP contribution in [0.3, 0.4) is 0 Å². The fourth-order valence-electron chi connectivity index (χ4n) is 2.97. The van der Waals surface area contributed by atoms with Gasteiger partial charge in [-0.2, -0.15) is 0 Å². The largest absolute Gasteiger partial charge is 0.341 e. The van der Waals surface area contributed by atoms with Crippen LogP contribution in [-0.2, 0) is 0 Å². The van der Waals surface area contributed by atoms with Crippen LogP contribution in [0.1, 0.15) is 40.2 Å². The smallest absolute Gasteiger partial charge is 0.274 e. The van der Waals surface area contributed by atoms with Crippen LogP contribution in [0.2, 0.25) is 0 Å². The zero-order chi connectivity index (χ0) is 16.4. The van der Waals surface area contributed by atoms with Crippen LogP contribution in [-0.4, -0.2) is 29.0 Å². The van der Waals surface area contributed by atoms with Crippen molar-refractivity contribution in [1.82, 2.24) is 9.97 Å². The van der Waals surface area contributed by atoms with Gasteiger partial charge in [0.1, 0.15) is 5.69 Å². The Kier molecular flexibility index (Phi) is 4.28. The fraction of sp³-hybridized carbons (Fsp3) is 0.389. The zero-order valence-corrected chi connectivity index (χ0v) is 13.9. The molecule has 1 aromatic carbocycles. The number of benzene rings is 1. The minimum atomic E-state index is -0.194. The molecule has 2 heterocycles. The van der Waals surface area contributed by atoms with Gasteiger partial charge in [-0.25, -0.2) is 9.97 Å². The highest BCUT2D eigenvalue weighted by atomic mass is 16.1. The van der Waals surface area contributed by atoms with Gasteiger partial charge in [0.2, 0.25) is 5.95 Å². The summed E-state index contributed by atoms with van der Waals surface area (Å²) >= 11 is 0.